The third-order valence-corrected chi connectivity index (χ3v) is 5.50. The van der Waals surface area contributed by atoms with Gasteiger partial charge in [0.15, 0.2) is 0 Å². The largest absolute Gasteiger partial charge is 0.377 e. The highest BCUT2D eigenvalue weighted by Crippen LogP contribution is 2.33. The number of hydrogen-bond acceptors (Lipinski definition) is 3. The lowest BCUT2D eigenvalue weighted by atomic mass is 10.3. The van der Waals surface area contributed by atoms with Crippen LogP contribution in [-0.2, 0) is 10.5 Å². The summed E-state index contributed by atoms with van der Waals surface area (Å²) in [6, 6.07) is 1.97. The van der Waals surface area contributed by atoms with Crippen LogP contribution in [0.4, 0.5) is 0 Å². The van der Waals surface area contributed by atoms with E-state index >= 15 is 0 Å². The number of hydrogen-bond donors (Lipinski definition) is 0. The van der Waals surface area contributed by atoms with E-state index in [1.165, 1.54) is 11.3 Å². The number of thioether (sulfide) groups is 1. The molecular formula is C10H13ClOS2. The second-order valence-electron chi connectivity index (χ2n) is 3.41. The summed E-state index contributed by atoms with van der Waals surface area (Å²) in [7, 11) is 0. The zero-order valence-electron chi connectivity index (χ0n) is 8.03. The van der Waals surface area contributed by atoms with Crippen molar-refractivity contribution < 1.29 is 4.74 Å². The molecule has 2 rings (SSSR count). The molecule has 0 bridgehead atoms. The van der Waals surface area contributed by atoms with Crippen LogP contribution in [0.15, 0.2) is 11.4 Å². The summed E-state index contributed by atoms with van der Waals surface area (Å²) in [5.41, 5.74) is 0. The maximum absolute atomic E-state index is 6.03. The molecule has 2 atom stereocenters. The minimum atomic E-state index is 0.402. The van der Waals surface area contributed by atoms with E-state index in [0.29, 0.717) is 11.4 Å². The van der Waals surface area contributed by atoms with Gasteiger partial charge >= 0.3 is 0 Å². The van der Waals surface area contributed by atoms with Gasteiger partial charge in [0.2, 0.25) is 0 Å². The minimum Gasteiger partial charge on any atom is -0.377 e. The van der Waals surface area contributed by atoms with Crippen molar-refractivity contribution in [2.75, 3.05) is 6.61 Å². The summed E-state index contributed by atoms with van der Waals surface area (Å²) in [6.45, 7) is 3.07. The van der Waals surface area contributed by atoms with Gasteiger partial charge in [-0.3, -0.25) is 0 Å². The van der Waals surface area contributed by atoms with Crippen molar-refractivity contribution in [1.82, 2.24) is 0 Å². The Morgan fingerprint density at radius 2 is 2.57 bits per heavy atom. The van der Waals surface area contributed by atoms with E-state index in [2.05, 4.69) is 6.92 Å². The van der Waals surface area contributed by atoms with Crippen molar-refractivity contribution in [1.29, 1.82) is 0 Å². The summed E-state index contributed by atoms with van der Waals surface area (Å²) in [5, 5.41) is 3.61. The van der Waals surface area contributed by atoms with Crippen LogP contribution >= 0.6 is 34.7 Å². The van der Waals surface area contributed by atoms with Crippen molar-refractivity contribution in [3.05, 3.63) is 21.3 Å². The molecule has 0 amide bonds. The first-order chi connectivity index (χ1) is 6.77. The first-order valence-corrected chi connectivity index (χ1v) is 7.03. The highest BCUT2D eigenvalue weighted by Gasteiger charge is 2.24. The molecule has 1 fully saturated rings. The summed E-state index contributed by atoms with van der Waals surface area (Å²) in [6.07, 6.45) is 1.58. The van der Waals surface area contributed by atoms with Crippen molar-refractivity contribution in [3.8, 4) is 0 Å². The van der Waals surface area contributed by atoms with E-state index in [9.17, 15) is 0 Å². The molecule has 2 heterocycles. The van der Waals surface area contributed by atoms with Crippen LogP contribution in [-0.4, -0.2) is 18.0 Å². The zero-order valence-corrected chi connectivity index (χ0v) is 10.4. The molecule has 1 aromatic heterocycles. The van der Waals surface area contributed by atoms with E-state index in [-0.39, 0.29) is 0 Å². The number of halogens is 1. The quantitative estimate of drug-likeness (QED) is 0.805. The average Bonchev–Trinajstić information content (AvgIpc) is 2.72. The molecule has 0 spiro atoms. The summed E-state index contributed by atoms with van der Waals surface area (Å²) in [4.78, 5) is 1.29. The number of rotatable bonds is 3. The Morgan fingerprint density at radius 1 is 1.71 bits per heavy atom. The second-order valence-corrected chi connectivity index (χ2v) is 6.04. The highest BCUT2D eigenvalue weighted by molar-refractivity contribution is 7.99. The zero-order chi connectivity index (χ0) is 9.97. The van der Waals surface area contributed by atoms with Gasteiger partial charge in [0.25, 0.3) is 0 Å². The van der Waals surface area contributed by atoms with Crippen molar-refractivity contribution in [2.45, 2.75) is 30.5 Å². The molecule has 0 saturated carbocycles. The molecule has 1 aliphatic rings. The fraction of sp³-hybridized carbons (Fsp3) is 0.600. The van der Waals surface area contributed by atoms with Crippen LogP contribution < -0.4 is 0 Å². The molecule has 14 heavy (non-hydrogen) atoms. The van der Waals surface area contributed by atoms with Gasteiger partial charge in [-0.25, -0.2) is 0 Å². The second kappa shape index (κ2) is 4.88. The fourth-order valence-electron chi connectivity index (χ4n) is 1.54. The van der Waals surface area contributed by atoms with E-state index in [1.54, 1.807) is 11.3 Å². The van der Waals surface area contributed by atoms with Gasteiger partial charge in [0.05, 0.1) is 11.1 Å². The Morgan fingerprint density at radius 3 is 3.14 bits per heavy atom. The molecule has 1 saturated heterocycles. The molecule has 0 unspecified atom stereocenters. The van der Waals surface area contributed by atoms with Crippen LogP contribution in [0.3, 0.4) is 0 Å². The van der Waals surface area contributed by atoms with Gasteiger partial charge in [-0.15, -0.1) is 11.3 Å². The van der Waals surface area contributed by atoms with E-state index < -0.39 is 0 Å². The maximum atomic E-state index is 6.03. The Bertz CT molecular complexity index is 300. The predicted octanol–water partition coefficient (Wildman–Crippen LogP) is 3.81. The molecule has 1 aromatic rings. The van der Waals surface area contributed by atoms with Crippen molar-refractivity contribution in [3.63, 3.8) is 0 Å². The van der Waals surface area contributed by atoms with Crippen LogP contribution in [0.1, 0.15) is 18.2 Å². The molecule has 0 aromatic carbocycles. The fourth-order valence-corrected chi connectivity index (χ4v) is 4.12. The Hall–Kier alpha value is 0.300. The van der Waals surface area contributed by atoms with Gasteiger partial charge in [-0.05, 0) is 24.8 Å². The molecule has 78 valence electrons. The smallest absolute Gasteiger partial charge is 0.0666 e. The molecule has 1 nitrogen and oxygen atoms in total. The standard InChI is InChI=1S/C10H13ClOS2/c1-7-9(2-4-12-7)14-6-10-8(11)3-5-13-10/h3,5,7,9H,2,4,6H2,1H3/t7-,9+/m1/s1. The van der Waals surface area contributed by atoms with E-state index in [1.807, 2.05) is 23.2 Å². The molecular weight excluding hydrogens is 236 g/mol. The van der Waals surface area contributed by atoms with Crippen LogP contribution in [0.5, 0.6) is 0 Å². The van der Waals surface area contributed by atoms with E-state index in [4.69, 9.17) is 16.3 Å². The minimum absolute atomic E-state index is 0.402. The van der Waals surface area contributed by atoms with Gasteiger partial charge in [0.1, 0.15) is 0 Å². The lowest BCUT2D eigenvalue weighted by Gasteiger charge is -2.12. The molecule has 0 aliphatic carbocycles. The van der Waals surface area contributed by atoms with Crippen molar-refractivity contribution >= 4 is 34.7 Å². The normalized spacial score (nSPS) is 27.0. The Labute approximate surface area is 97.8 Å². The number of ether oxygens (including phenoxy) is 1. The lowest BCUT2D eigenvalue weighted by Crippen LogP contribution is -2.13. The Kier molecular flexibility index (Phi) is 3.77. The van der Waals surface area contributed by atoms with E-state index in [0.717, 1.165) is 17.4 Å². The van der Waals surface area contributed by atoms with Crippen molar-refractivity contribution in [2.24, 2.45) is 0 Å². The lowest BCUT2D eigenvalue weighted by molar-refractivity contribution is 0.127. The topological polar surface area (TPSA) is 9.23 Å². The van der Waals surface area contributed by atoms with Crippen LogP contribution in [0, 0.1) is 0 Å². The number of thiophene rings is 1. The van der Waals surface area contributed by atoms with Gasteiger partial charge < -0.3 is 4.74 Å². The third-order valence-electron chi connectivity index (χ3n) is 2.43. The first-order valence-electron chi connectivity index (χ1n) is 4.72. The third kappa shape index (κ3) is 2.45. The van der Waals surface area contributed by atoms with Gasteiger partial charge in [-0.1, -0.05) is 11.6 Å². The molecule has 0 radical (unpaired) electrons. The van der Waals surface area contributed by atoms with Gasteiger partial charge in [0, 0.05) is 22.5 Å². The summed E-state index contributed by atoms with van der Waals surface area (Å²) < 4.78 is 5.52. The molecule has 0 N–H and O–H groups in total. The summed E-state index contributed by atoms with van der Waals surface area (Å²) >= 11 is 9.73. The molecule has 4 heteroatoms. The SMILES string of the molecule is C[C@H]1OCC[C@@H]1SCc1sccc1Cl. The van der Waals surface area contributed by atoms with Crippen LogP contribution in [0.2, 0.25) is 5.02 Å². The molecule has 1 aliphatic heterocycles. The van der Waals surface area contributed by atoms with Gasteiger partial charge in [-0.2, -0.15) is 11.8 Å². The monoisotopic (exact) mass is 248 g/mol. The first kappa shape index (κ1) is 10.8. The van der Waals surface area contributed by atoms with Crippen LogP contribution in [0.25, 0.3) is 0 Å². The maximum Gasteiger partial charge on any atom is 0.0666 e. The highest BCUT2D eigenvalue weighted by atomic mass is 35.5. The predicted molar refractivity (Wildman–Crippen MR) is 64.4 cm³/mol. The Balaban J connectivity index is 1.85. The summed E-state index contributed by atoms with van der Waals surface area (Å²) in [5.74, 6) is 1.02. The average molecular weight is 249 g/mol.